The van der Waals surface area contributed by atoms with Crippen molar-refractivity contribution in [3.05, 3.63) is 51.7 Å². The topological polar surface area (TPSA) is 218 Å². The maximum Gasteiger partial charge on any atom is 0.347 e. The molecule has 16 heteroatoms. The molecule has 1 aliphatic rings. The number of fused-ring (bicyclic) bond motifs is 1. The van der Waals surface area contributed by atoms with Gasteiger partial charge in [0.05, 0.1) is 29.2 Å². The van der Waals surface area contributed by atoms with E-state index in [1.54, 1.807) is 24.0 Å². The fraction of sp³-hybridized carbons (Fsp3) is 0.304. The van der Waals surface area contributed by atoms with Gasteiger partial charge in [0.1, 0.15) is 10.7 Å². The minimum atomic E-state index is -3.83. The Morgan fingerprint density at radius 2 is 1.82 bits per heavy atom. The number of carbonyl (C=O) groups is 3. The van der Waals surface area contributed by atoms with Gasteiger partial charge in [-0.2, -0.15) is 4.98 Å². The van der Waals surface area contributed by atoms with Crippen molar-refractivity contribution in [2.75, 3.05) is 17.2 Å². The average Bonchev–Trinajstić information content (AvgIpc) is 3.25. The molecule has 0 saturated heterocycles. The molecule has 3 aromatic rings. The SMILES string of the molecule is Cc1nc(Nc2nc3c(c(NCc4ccc(S(N)(=O)=O)cc4)n2)CN(C(=O)CCC(=O)O)CC3)sc1C(=O)O. The molecule has 6 N–H and O–H groups in total. The van der Waals surface area contributed by atoms with E-state index in [2.05, 4.69) is 25.6 Å². The first-order chi connectivity index (χ1) is 18.4. The summed E-state index contributed by atoms with van der Waals surface area (Å²) in [6.45, 7) is 2.35. The molecule has 0 aliphatic carbocycles. The van der Waals surface area contributed by atoms with E-state index in [1.807, 2.05) is 0 Å². The number of nitrogens with zero attached hydrogens (tertiary/aromatic N) is 4. The van der Waals surface area contributed by atoms with Gasteiger partial charge >= 0.3 is 11.9 Å². The number of aliphatic carboxylic acids is 1. The summed E-state index contributed by atoms with van der Waals surface area (Å²) in [5.74, 6) is -1.86. The number of nitrogens with two attached hydrogens (primary N) is 1. The lowest BCUT2D eigenvalue weighted by Gasteiger charge is -2.30. The molecular weight excluding hydrogens is 550 g/mol. The van der Waals surface area contributed by atoms with Crippen molar-refractivity contribution in [3.8, 4) is 0 Å². The molecule has 1 aromatic carbocycles. The van der Waals surface area contributed by atoms with Gasteiger partial charge in [-0.3, -0.25) is 14.9 Å². The predicted octanol–water partition coefficient (Wildman–Crippen LogP) is 1.69. The van der Waals surface area contributed by atoms with E-state index in [4.69, 9.17) is 10.2 Å². The Balaban J connectivity index is 1.61. The number of thiazole rings is 1. The number of carboxylic acids is 2. The number of amides is 1. The van der Waals surface area contributed by atoms with Gasteiger partial charge in [-0.05, 0) is 24.6 Å². The summed E-state index contributed by atoms with van der Waals surface area (Å²) < 4.78 is 23.1. The Kier molecular flexibility index (Phi) is 8.08. The summed E-state index contributed by atoms with van der Waals surface area (Å²) in [6, 6.07) is 5.99. The summed E-state index contributed by atoms with van der Waals surface area (Å²) in [7, 11) is -3.83. The van der Waals surface area contributed by atoms with E-state index < -0.39 is 22.0 Å². The number of carbonyl (C=O) groups excluding carboxylic acids is 1. The summed E-state index contributed by atoms with van der Waals surface area (Å²) in [5.41, 5.74) is 2.40. The monoisotopic (exact) mass is 575 g/mol. The second-order valence-corrected chi connectivity index (χ2v) is 11.2. The molecule has 2 aromatic heterocycles. The van der Waals surface area contributed by atoms with E-state index in [9.17, 15) is 27.9 Å². The molecule has 0 radical (unpaired) electrons. The van der Waals surface area contributed by atoms with Gasteiger partial charge in [0.2, 0.25) is 21.9 Å². The zero-order valence-electron chi connectivity index (χ0n) is 20.7. The second kappa shape index (κ2) is 11.3. The van der Waals surface area contributed by atoms with Crippen LogP contribution in [0.4, 0.5) is 16.9 Å². The first-order valence-corrected chi connectivity index (χ1v) is 14.0. The van der Waals surface area contributed by atoms with Gasteiger partial charge < -0.3 is 20.4 Å². The van der Waals surface area contributed by atoms with Crippen LogP contribution >= 0.6 is 11.3 Å². The first kappa shape index (κ1) is 27.9. The van der Waals surface area contributed by atoms with Crippen LogP contribution in [0.1, 0.15) is 45.0 Å². The number of aryl methyl sites for hydroxylation is 1. The summed E-state index contributed by atoms with van der Waals surface area (Å²) in [4.78, 5) is 49.8. The van der Waals surface area contributed by atoms with Crippen LogP contribution in [-0.4, -0.2) is 62.9 Å². The number of sulfonamides is 1. The molecule has 39 heavy (non-hydrogen) atoms. The summed E-state index contributed by atoms with van der Waals surface area (Å²) >= 11 is 0.949. The summed E-state index contributed by atoms with van der Waals surface area (Å²) in [5, 5.41) is 29.9. The van der Waals surface area contributed by atoms with E-state index in [-0.39, 0.29) is 47.6 Å². The lowest BCUT2D eigenvalue weighted by atomic mass is 10.1. The third-order valence-corrected chi connectivity index (χ3v) is 7.88. The van der Waals surface area contributed by atoms with Crippen LogP contribution in [0, 0.1) is 6.92 Å². The zero-order valence-corrected chi connectivity index (χ0v) is 22.3. The van der Waals surface area contributed by atoms with Gasteiger partial charge in [0.15, 0.2) is 5.13 Å². The standard InChI is InChI=1S/C23H25N7O7S2/c1-12-19(21(34)35)38-23(26-12)29-22-27-16-8-9-30(17(31)6-7-18(32)33)11-15(16)20(28-22)25-10-13-2-4-14(5-3-13)39(24,36)37/h2-5H,6-11H2,1H3,(H,32,33)(H,34,35)(H2,24,36,37)(H2,25,26,27,28,29). The highest BCUT2D eigenvalue weighted by Gasteiger charge is 2.26. The van der Waals surface area contributed by atoms with Crippen molar-refractivity contribution < 1.29 is 33.0 Å². The lowest BCUT2D eigenvalue weighted by Crippen LogP contribution is -2.37. The van der Waals surface area contributed by atoms with Crippen molar-refractivity contribution in [1.82, 2.24) is 19.9 Å². The number of aromatic carboxylic acids is 1. The number of benzene rings is 1. The van der Waals surface area contributed by atoms with Crippen LogP contribution in [0.5, 0.6) is 0 Å². The Labute approximate surface area is 227 Å². The number of anilines is 3. The van der Waals surface area contributed by atoms with Crippen molar-refractivity contribution >= 4 is 56.1 Å². The second-order valence-electron chi connectivity index (χ2n) is 8.69. The Bertz CT molecular complexity index is 1540. The normalized spacial score (nSPS) is 13.0. The molecular formula is C23H25N7O7S2. The number of carboxylic acid groups (broad SMARTS) is 2. The molecule has 3 heterocycles. The number of aromatic nitrogens is 3. The zero-order chi connectivity index (χ0) is 28.3. The summed E-state index contributed by atoms with van der Waals surface area (Å²) in [6.07, 6.45) is -0.00722. The van der Waals surface area contributed by atoms with Crippen LogP contribution < -0.4 is 15.8 Å². The average molecular weight is 576 g/mol. The molecule has 1 amide bonds. The molecule has 0 unspecified atom stereocenters. The van der Waals surface area contributed by atoms with Crippen LogP contribution in [0.15, 0.2) is 29.2 Å². The van der Waals surface area contributed by atoms with Crippen LogP contribution in [0.2, 0.25) is 0 Å². The van der Waals surface area contributed by atoms with E-state index in [1.165, 1.54) is 12.1 Å². The maximum absolute atomic E-state index is 12.6. The van der Waals surface area contributed by atoms with E-state index in [0.717, 1.165) is 16.9 Å². The largest absolute Gasteiger partial charge is 0.481 e. The van der Waals surface area contributed by atoms with Crippen LogP contribution in [-0.2, 0) is 39.1 Å². The predicted molar refractivity (Wildman–Crippen MR) is 140 cm³/mol. The molecule has 0 bridgehead atoms. The van der Waals surface area contributed by atoms with Gasteiger partial charge in [-0.1, -0.05) is 23.5 Å². The highest BCUT2D eigenvalue weighted by molar-refractivity contribution is 7.89. The molecule has 0 fully saturated rings. The highest BCUT2D eigenvalue weighted by Crippen LogP contribution is 2.29. The van der Waals surface area contributed by atoms with E-state index in [0.29, 0.717) is 40.9 Å². The highest BCUT2D eigenvalue weighted by atomic mass is 32.2. The molecule has 1 aliphatic heterocycles. The molecule has 0 saturated carbocycles. The van der Waals surface area contributed by atoms with E-state index >= 15 is 0 Å². The number of nitrogens with one attached hydrogen (secondary N) is 2. The minimum Gasteiger partial charge on any atom is -0.481 e. The van der Waals surface area contributed by atoms with Gasteiger partial charge in [-0.25, -0.2) is 28.3 Å². The minimum absolute atomic E-state index is 0.0212. The lowest BCUT2D eigenvalue weighted by molar-refractivity contribution is -0.141. The van der Waals surface area contributed by atoms with Crippen LogP contribution in [0.3, 0.4) is 0 Å². The van der Waals surface area contributed by atoms with Gasteiger partial charge in [0, 0.05) is 31.5 Å². The maximum atomic E-state index is 12.6. The Hall–Kier alpha value is -4.15. The number of primary sulfonamides is 1. The van der Waals surface area contributed by atoms with Crippen molar-refractivity contribution in [3.63, 3.8) is 0 Å². The van der Waals surface area contributed by atoms with Gasteiger partial charge in [-0.15, -0.1) is 0 Å². The van der Waals surface area contributed by atoms with Crippen molar-refractivity contribution in [2.45, 2.75) is 44.2 Å². The molecule has 4 rings (SSSR count). The Morgan fingerprint density at radius 3 is 2.44 bits per heavy atom. The van der Waals surface area contributed by atoms with Crippen LogP contribution in [0.25, 0.3) is 0 Å². The van der Waals surface area contributed by atoms with Crippen molar-refractivity contribution in [1.29, 1.82) is 0 Å². The quantitative estimate of drug-likeness (QED) is 0.233. The fourth-order valence-electron chi connectivity index (χ4n) is 3.93. The van der Waals surface area contributed by atoms with Gasteiger partial charge in [0.25, 0.3) is 0 Å². The third kappa shape index (κ3) is 6.84. The smallest absolute Gasteiger partial charge is 0.347 e. The first-order valence-electron chi connectivity index (χ1n) is 11.6. The molecule has 0 atom stereocenters. The molecule has 14 nitrogen and oxygen atoms in total. The third-order valence-electron chi connectivity index (χ3n) is 5.89. The fourth-order valence-corrected chi connectivity index (χ4v) is 5.24. The molecule has 206 valence electrons. The number of hydrogen-bond acceptors (Lipinski definition) is 11. The number of hydrogen-bond donors (Lipinski definition) is 5. The van der Waals surface area contributed by atoms with Crippen molar-refractivity contribution in [2.24, 2.45) is 5.14 Å². The Morgan fingerprint density at radius 1 is 1.10 bits per heavy atom. The molecule has 0 spiro atoms. The number of rotatable bonds is 10.